The SMILES string of the molecule is Oc1c(Br)ccc(C(F)F)c1C(F)(F)F. The van der Waals surface area contributed by atoms with Crippen molar-refractivity contribution in [2.24, 2.45) is 0 Å². The zero-order chi connectivity index (χ0) is 11.8. The van der Waals surface area contributed by atoms with Crippen LogP contribution in [0.1, 0.15) is 17.6 Å². The fraction of sp³-hybridized carbons (Fsp3) is 0.250. The van der Waals surface area contributed by atoms with Crippen molar-refractivity contribution in [1.29, 1.82) is 0 Å². The molecule has 1 aromatic carbocycles. The van der Waals surface area contributed by atoms with Gasteiger partial charge in [0.2, 0.25) is 0 Å². The van der Waals surface area contributed by atoms with Crippen LogP contribution in [-0.2, 0) is 6.18 Å². The van der Waals surface area contributed by atoms with Crippen molar-refractivity contribution in [2.45, 2.75) is 12.6 Å². The minimum atomic E-state index is -5.01. The Balaban J connectivity index is 3.49. The van der Waals surface area contributed by atoms with Gasteiger partial charge in [-0.15, -0.1) is 0 Å². The molecule has 0 saturated heterocycles. The van der Waals surface area contributed by atoms with Gasteiger partial charge in [0.15, 0.2) is 0 Å². The van der Waals surface area contributed by atoms with Gasteiger partial charge in [-0.05, 0) is 22.0 Å². The Morgan fingerprint density at radius 3 is 2.13 bits per heavy atom. The van der Waals surface area contributed by atoms with Gasteiger partial charge in [-0.25, -0.2) is 8.78 Å². The summed E-state index contributed by atoms with van der Waals surface area (Å²) in [7, 11) is 0. The fourth-order valence-corrected chi connectivity index (χ4v) is 1.39. The van der Waals surface area contributed by atoms with Gasteiger partial charge >= 0.3 is 6.18 Å². The number of hydrogen-bond donors (Lipinski definition) is 1. The van der Waals surface area contributed by atoms with Crippen LogP contribution >= 0.6 is 15.9 Å². The zero-order valence-corrected chi connectivity index (χ0v) is 8.53. The largest absolute Gasteiger partial charge is 0.506 e. The molecule has 0 heterocycles. The lowest BCUT2D eigenvalue weighted by molar-refractivity contribution is -0.140. The summed E-state index contributed by atoms with van der Waals surface area (Å²) in [5, 5.41) is 9.06. The molecule has 0 saturated carbocycles. The quantitative estimate of drug-likeness (QED) is 0.772. The van der Waals surface area contributed by atoms with E-state index in [1.54, 1.807) is 0 Å². The molecule has 0 unspecified atom stereocenters. The smallest absolute Gasteiger partial charge is 0.420 e. The number of benzene rings is 1. The highest BCUT2D eigenvalue weighted by Gasteiger charge is 2.39. The highest BCUT2D eigenvalue weighted by atomic mass is 79.9. The van der Waals surface area contributed by atoms with Gasteiger partial charge in [-0.2, -0.15) is 13.2 Å². The molecule has 1 aromatic rings. The number of rotatable bonds is 1. The summed E-state index contributed by atoms with van der Waals surface area (Å²) in [6.45, 7) is 0. The van der Waals surface area contributed by atoms with Gasteiger partial charge in [0, 0.05) is 5.56 Å². The van der Waals surface area contributed by atoms with E-state index in [4.69, 9.17) is 5.11 Å². The monoisotopic (exact) mass is 290 g/mol. The molecule has 0 bridgehead atoms. The first-order valence-corrected chi connectivity index (χ1v) is 4.41. The van der Waals surface area contributed by atoms with Crippen LogP contribution in [0.4, 0.5) is 22.0 Å². The first-order valence-electron chi connectivity index (χ1n) is 3.62. The number of hydrogen-bond acceptors (Lipinski definition) is 1. The number of phenolic OH excluding ortho intramolecular Hbond substituents is 1. The first kappa shape index (κ1) is 12.2. The minimum absolute atomic E-state index is 0.278. The molecule has 15 heavy (non-hydrogen) atoms. The third kappa shape index (κ3) is 2.39. The standard InChI is InChI=1S/C8H4BrF5O/c9-4-2-1-3(7(10)11)5(6(4)15)8(12,13)14/h1-2,7,15H. The van der Waals surface area contributed by atoms with E-state index in [0.29, 0.717) is 6.07 Å². The van der Waals surface area contributed by atoms with Crippen molar-refractivity contribution in [2.75, 3.05) is 0 Å². The van der Waals surface area contributed by atoms with E-state index in [1.165, 1.54) is 0 Å². The molecule has 0 aromatic heterocycles. The van der Waals surface area contributed by atoms with Gasteiger partial charge in [0.1, 0.15) is 11.3 Å². The van der Waals surface area contributed by atoms with Crippen LogP contribution < -0.4 is 0 Å². The van der Waals surface area contributed by atoms with E-state index in [9.17, 15) is 22.0 Å². The van der Waals surface area contributed by atoms with Crippen molar-refractivity contribution in [3.05, 3.63) is 27.7 Å². The maximum atomic E-state index is 12.3. The van der Waals surface area contributed by atoms with Crippen LogP contribution in [0, 0.1) is 0 Å². The normalized spacial score (nSPS) is 12.2. The van der Waals surface area contributed by atoms with E-state index in [-0.39, 0.29) is 4.47 Å². The summed E-state index contributed by atoms with van der Waals surface area (Å²) in [6.07, 6.45) is -8.31. The van der Waals surface area contributed by atoms with Crippen LogP contribution in [0.25, 0.3) is 0 Å². The van der Waals surface area contributed by atoms with Gasteiger partial charge in [0.05, 0.1) is 4.47 Å². The summed E-state index contributed by atoms with van der Waals surface area (Å²) in [5.41, 5.74) is -2.94. The van der Waals surface area contributed by atoms with E-state index in [0.717, 1.165) is 6.07 Å². The second-order valence-corrected chi connectivity index (χ2v) is 3.51. The molecular weight excluding hydrogens is 287 g/mol. The molecule has 0 aliphatic rings. The van der Waals surface area contributed by atoms with Crippen LogP contribution in [0.15, 0.2) is 16.6 Å². The van der Waals surface area contributed by atoms with Crippen LogP contribution in [0.3, 0.4) is 0 Å². The highest BCUT2D eigenvalue weighted by molar-refractivity contribution is 9.10. The van der Waals surface area contributed by atoms with Crippen molar-refractivity contribution < 1.29 is 27.1 Å². The summed E-state index contributed by atoms with van der Waals surface area (Å²) in [6, 6.07) is 1.56. The lowest BCUT2D eigenvalue weighted by atomic mass is 10.1. The molecule has 0 fully saturated rings. The topological polar surface area (TPSA) is 20.2 Å². The second kappa shape index (κ2) is 3.96. The molecular formula is C8H4BrF5O. The Bertz CT molecular complexity index is 374. The van der Waals surface area contributed by atoms with Gasteiger partial charge < -0.3 is 5.11 Å². The Labute approximate surface area is 89.7 Å². The lowest BCUT2D eigenvalue weighted by Crippen LogP contribution is -2.10. The molecule has 0 spiro atoms. The predicted molar refractivity (Wildman–Crippen MR) is 45.8 cm³/mol. The molecule has 1 nitrogen and oxygen atoms in total. The summed E-state index contributed by atoms with van der Waals surface area (Å²) in [4.78, 5) is 0. The Morgan fingerprint density at radius 2 is 1.73 bits per heavy atom. The second-order valence-electron chi connectivity index (χ2n) is 2.66. The molecule has 0 aliphatic heterocycles. The Hall–Kier alpha value is -0.850. The van der Waals surface area contributed by atoms with Crippen molar-refractivity contribution in [1.82, 2.24) is 0 Å². The molecule has 1 rings (SSSR count). The summed E-state index contributed by atoms with van der Waals surface area (Å²) in [5.74, 6) is -1.22. The molecule has 0 aliphatic carbocycles. The number of alkyl halides is 5. The third-order valence-corrected chi connectivity index (χ3v) is 2.32. The van der Waals surface area contributed by atoms with Crippen molar-refractivity contribution in [3.8, 4) is 5.75 Å². The lowest BCUT2D eigenvalue weighted by Gasteiger charge is -2.14. The van der Waals surface area contributed by atoms with Crippen LogP contribution in [0.5, 0.6) is 5.75 Å². The summed E-state index contributed by atoms with van der Waals surface area (Å²) >= 11 is 2.63. The number of aromatic hydroxyl groups is 1. The maximum absolute atomic E-state index is 12.3. The number of phenols is 1. The summed E-state index contributed by atoms with van der Waals surface area (Å²) < 4.78 is 61.2. The minimum Gasteiger partial charge on any atom is -0.506 e. The average molecular weight is 291 g/mol. The average Bonchev–Trinajstić information content (AvgIpc) is 2.06. The molecule has 0 radical (unpaired) electrons. The fourth-order valence-electron chi connectivity index (χ4n) is 1.06. The zero-order valence-electron chi connectivity index (χ0n) is 6.95. The predicted octanol–water partition coefficient (Wildman–Crippen LogP) is 4.11. The first-order chi connectivity index (χ1) is 6.75. The van der Waals surface area contributed by atoms with Gasteiger partial charge in [-0.1, -0.05) is 6.07 Å². The molecule has 0 amide bonds. The Kier molecular flexibility index (Phi) is 3.22. The van der Waals surface area contributed by atoms with Crippen molar-refractivity contribution >= 4 is 15.9 Å². The van der Waals surface area contributed by atoms with E-state index in [2.05, 4.69) is 15.9 Å². The van der Waals surface area contributed by atoms with Crippen LogP contribution in [-0.4, -0.2) is 5.11 Å². The van der Waals surface area contributed by atoms with Crippen molar-refractivity contribution in [3.63, 3.8) is 0 Å². The Morgan fingerprint density at radius 1 is 1.20 bits per heavy atom. The van der Waals surface area contributed by atoms with Crippen LogP contribution in [0.2, 0.25) is 0 Å². The van der Waals surface area contributed by atoms with Gasteiger partial charge in [-0.3, -0.25) is 0 Å². The molecule has 7 heteroatoms. The maximum Gasteiger partial charge on any atom is 0.420 e. The third-order valence-electron chi connectivity index (χ3n) is 1.68. The van der Waals surface area contributed by atoms with E-state index < -0.39 is 29.5 Å². The highest BCUT2D eigenvalue weighted by Crippen LogP contribution is 2.44. The van der Waals surface area contributed by atoms with Gasteiger partial charge in [0.25, 0.3) is 6.43 Å². The number of halogens is 6. The van der Waals surface area contributed by atoms with E-state index >= 15 is 0 Å². The van der Waals surface area contributed by atoms with E-state index in [1.807, 2.05) is 0 Å². The molecule has 1 N–H and O–H groups in total. The molecule has 84 valence electrons. The molecule has 0 atom stereocenters.